The van der Waals surface area contributed by atoms with Gasteiger partial charge in [0.15, 0.2) is 0 Å². The van der Waals surface area contributed by atoms with Gasteiger partial charge in [0, 0.05) is 23.8 Å². The Hall–Kier alpha value is -2.59. The fourth-order valence-electron chi connectivity index (χ4n) is 2.39. The van der Waals surface area contributed by atoms with Crippen LogP contribution in [0.25, 0.3) is 0 Å². The first-order chi connectivity index (χ1) is 13.8. The standard InChI is InChI=1S/C14H20N2O3.C6H9NO3S/c1-14(2,3)13(19)16-10-6-4-5-9(7-10)8-11(15)12(17)18;1-4(8)7-3-11-2-5(7)6(9)10/h4-7,11H,8,15H2,1-3H3,(H,16,19)(H,17,18);5H,2-3H2,1H3,(H,9,10)/t;5-/m.1/s1. The Morgan fingerprint density at radius 2 is 1.90 bits per heavy atom. The summed E-state index contributed by atoms with van der Waals surface area (Å²) in [7, 11) is 0. The summed E-state index contributed by atoms with van der Waals surface area (Å²) in [6, 6.07) is 5.51. The van der Waals surface area contributed by atoms with Gasteiger partial charge in [0.2, 0.25) is 11.8 Å². The first-order valence-electron chi connectivity index (χ1n) is 9.29. The molecule has 2 rings (SSSR count). The van der Waals surface area contributed by atoms with Gasteiger partial charge in [0.25, 0.3) is 0 Å². The largest absolute Gasteiger partial charge is 0.480 e. The van der Waals surface area contributed by atoms with Crippen LogP contribution >= 0.6 is 11.8 Å². The van der Waals surface area contributed by atoms with E-state index in [1.54, 1.807) is 24.3 Å². The molecule has 1 fully saturated rings. The summed E-state index contributed by atoms with van der Waals surface area (Å²) >= 11 is 1.47. The normalized spacial score (nSPS) is 16.8. The first-order valence-corrected chi connectivity index (χ1v) is 10.4. The fraction of sp³-hybridized carbons (Fsp3) is 0.500. The molecule has 9 nitrogen and oxygen atoms in total. The van der Waals surface area contributed by atoms with Crippen molar-refractivity contribution in [2.24, 2.45) is 11.1 Å². The topological polar surface area (TPSA) is 150 Å². The van der Waals surface area contributed by atoms with Gasteiger partial charge >= 0.3 is 11.9 Å². The van der Waals surface area contributed by atoms with Gasteiger partial charge in [0.1, 0.15) is 12.1 Å². The number of nitrogens with zero attached hydrogens (tertiary/aromatic N) is 1. The molecule has 2 amide bonds. The van der Waals surface area contributed by atoms with E-state index in [9.17, 15) is 19.2 Å². The number of hydrogen-bond donors (Lipinski definition) is 4. The molecule has 30 heavy (non-hydrogen) atoms. The van der Waals surface area contributed by atoms with Gasteiger partial charge in [-0.1, -0.05) is 32.9 Å². The van der Waals surface area contributed by atoms with E-state index < -0.39 is 29.4 Å². The zero-order valence-electron chi connectivity index (χ0n) is 17.5. The number of nitrogens with two attached hydrogens (primary N) is 1. The van der Waals surface area contributed by atoms with E-state index in [-0.39, 0.29) is 18.2 Å². The number of carbonyl (C=O) groups is 4. The second-order valence-electron chi connectivity index (χ2n) is 7.90. The predicted octanol–water partition coefficient (Wildman–Crippen LogP) is 1.62. The molecular formula is C20H29N3O6S. The van der Waals surface area contributed by atoms with Gasteiger partial charge in [-0.15, -0.1) is 11.8 Å². The van der Waals surface area contributed by atoms with Gasteiger partial charge in [-0.2, -0.15) is 0 Å². The van der Waals surface area contributed by atoms with Crippen LogP contribution in [0.3, 0.4) is 0 Å². The monoisotopic (exact) mass is 439 g/mol. The molecule has 1 aromatic carbocycles. The van der Waals surface area contributed by atoms with E-state index >= 15 is 0 Å². The van der Waals surface area contributed by atoms with Crippen LogP contribution in [0.5, 0.6) is 0 Å². The van der Waals surface area contributed by atoms with Crippen LogP contribution in [0, 0.1) is 5.41 Å². The number of anilines is 1. The highest BCUT2D eigenvalue weighted by molar-refractivity contribution is 7.99. The van der Waals surface area contributed by atoms with Crippen LogP contribution in [-0.2, 0) is 25.6 Å². The first kappa shape index (κ1) is 25.4. The molecule has 1 aliphatic heterocycles. The lowest BCUT2D eigenvalue weighted by molar-refractivity contribution is -0.147. The average molecular weight is 440 g/mol. The molecule has 0 aromatic heterocycles. The highest BCUT2D eigenvalue weighted by atomic mass is 32.2. The minimum Gasteiger partial charge on any atom is -0.480 e. The second kappa shape index (κ2) is 11.0. The van der Waals surface area contributed by atoms with E-state index in [4.69, 9.17) is 15.9 Å². The number of hydrogen-bond acceptors (Lipinski definition) is 6. The van der Waals surface area contributed by atoms with Gasteiger partial charge in [0.05, 0.1) is 5.88 Å². The van der Waals surface area contributed by atoms with Gasteiger partial charge in [-0.3, -0.25) is 14.4 Å². The molecule has 1 unspecified atom stereocenters. The van der Waals surface area contributed by atoms with Crippen molar-refractivity contribution in [2.75, 3.05) is 16.9 Å². The lowest BCUT2D eigenvalue weighted by Gasteiger charge is -2.18. The van der Waals surface area contributed by atoms with Crippen molar-refractivity contribution in [1.82, 2.24) is 4.90 Å². The van der Waals surface area contributed by atoms with Gasteiger partial charge in [-0.05, 0) is 24.1 Å². The van der Waals surface area contributed by atoms with Crippen LogP contribution < -0.4 is 11.1 Å². The lowest BCUT2D eigenvalue weighted by Crippen LogP contribution is -2.40. The SMILES string of the molecule is CC(=O)N1CSC[C@@H]1C(=O)O.CC(C)(C)C(=O)Nc1cccc(CC(N)C(=O)O)c1. The summed E-state index contributed by atoms with van der Waals surface area (Å²) in [6.45, 7) is 6.87. The van der Waals surface area contributed by atoms with Crippen molar-refractivity contribution in [3.8, 4) is 0 Å². The van der Waals surface area contributed by atoms with Crippen LogP contribution in [0.15, 0.2) is 24.3 Å². The summed E-state index contributed by atoms with van der Waals surface area (Å²) in [4.78, 5) is 45.2. The minimum absolute atomic E-state index is 0.0906. The van der Waals surface area contributed by atoms with Crippen molar-refractivity contribution in [2.45, 2.75) is 46.2 Å². The van der Waals surface area contributed by atoms with Crippen molar-refractivity contribution < 1.29 is 29.4 Å². The Morgan fingerprint density at radius 3 is 2.37 bits per heavy atom. The number of carbonyl (C=O) groups excluding carboxylic acids is 2. The number of amides is 2. The second-order valence-corrected chi connectivity index (χ2v) is 8.90. The van der Waals surface area contributed by atoms with E-state index in [0.717, 1.165) is 5.56 Å². The highest BCUT2D eigenvalue weighted by Gasteiger charge is 2.32. The maximum absolute atomic E-state index is 11.8. The summed E-state index contributed by atoms with van der Waals surface area (Å²) in [5.74, 6) is -1.19. The van der Waals surface area contributed by atoms with Crippen molar-refractivity contribution >= 4 is 41.2 Å². The number of benzene rings is 1. The summed E-state index contributed by atoms with van der Waals surface area (Å²) < 4.78 is 0. The molecule has 2 atom stereocenters. The van der Waals surface area contributed by atoms with Gasteiger partial charge in [-0.25, -0.2) is 4.79 Å². The zero-order chi connectivity index (χ0) is 23.1. The predicted molar refractivity (Wildman–Crippen MR) is 115 cm³/mol. The van der Waals surface area contributed by atoms with Crippen LogP contribution in [-0.4, -0.2) is 62.6 Å². The van der Waals surface area contributed by atoms with Crippen LogP contribution in [0.4, 0.5) is 5.69 Å². The lowest BCUT2D eigenvalue weighted by atomic mass is 9.95. The number of thioether (sulfide) groups is 1. The van der Waals surface area contributed by atoms with Crippen molar-refractivity contribution in [3.63, 3.8) is 0 Å². The Labute approximate surface area is 180 Å². The van der Waals surface area contributed by atoms with E-state index in [0.29, 0.717) is 17.3 Å². The van der Waals surface area contributed by atoms with Crippen molar-refractivity contribution in [3.05, 3.63) is 29.8 Å². The minimum atomic E-state index is -1.04. The molecule has 0 spiro atoms. The van der Waals surface area contributed by atoms with Crippen LogP contribution in [0.1, 0.15) is 33.3 Å². The van der Waals surface area contributed by atoms with Gasteiger partial charge < -0.3 is 26.2 Å². The third-order valence-electron chi connectivity index (χ3n) is 4.21. The molecule has 0 bridgehead atoms. The Balaban J connectivity index is 0.000000346. The van der Waals surface area contributed by atoms with Crippen molar-refractivity contribution in [1.29, 1.82) is 0 Å². The Bertz CT molecular complexity index is 773. The molecular weight excluding hydrogens is 410 g/mol. The van der Waals surface area contributed by atoms with E-state index in [1.807, 2.05) is 20.8 Å². The fourth-order valence-corrected chi connectivity index (χ4v) is 3.60. The molecule has 0 aliphatic carbocycles. The Kier molecular flexibility index (Phi) is 9.31. The molecule has 0 radical (unpaired) electrons. The quantitative estimate of drug-likeness (QED) is 0.540. The molecule has 1 saturated heterocycles. The molecule has 1 aromatic rings. The number of aliphatic carboxylic acids is 2. The molecule has 166 valence electrons. The van der Waals surface area contributed by atoms with Crippen LogP contribution in [0.2, 0.25) is 0 Å². The summed E-state index contributed by atoms with van der Waals surface area (Å²) in [6.07, 6.45) is 0.231. The third kappa shape index (κ3) is 8.03. The third-order valence-corrected chi connectivity index (χ3v) is 5.22. The number of carboxylic acids is 2. The van der Waals surface area contributed by atoms with E-state index in [2.05, 4.69) is 5.32 Å². The molecule has 0 saturated carbocycles. The number of nitrogens with one attached hydrogen (secondary N) is 1. The average Bonchev–Trinajstić information content (AvgIpc) is 3.12. The summed E-state index contributed by atoms with van der Waals surface area (Å²) in [5, 5.41) is 20.2. The smallest absolute Gasteiger partial charge is 0.327 e. The summed E-state index contributed by atoms with van der Waals surface area (Å²) in [5.41, 5.74) is 6.43. The number of carboxylic acid groups (broad SMARTS) is 2. The number of rotatable bonds is 5. The maximum atomic E-state index is 11.8. The highest BCUT2D eigenvalue weighted by Crippen LogP contribution is 2.20. The molecule has 1 heterocycles. The molecule has 5 N–H and O–H groups in total. The van der Waals surface area contributed by atoms with E-state index in [1.165, 1.54) is 23.6 Å². The Morgan fingerprint density at radius 1 is 1.27 bits per heavy atom. The maximum Gasteiger partial charge on any atom is 0.327 e. The molecule has 1 aliphatic rings. The zero-order valence-corrected chi connectivity index (χ0v) is 18.4. The molecule has 10 heteroatoms.